The number of oxazole rings is 1. The summed E-state index contributed by atoms with van der Waals surface area (Å²) in [5.41, 5.74) is 2.11. The number of fused-ring (bicyclic) bond motifs is 1. The minimum atomic E-state index is 0.211. The predicted octanol–water partition coefficient (Wildman–Crippen LogP) is 4.03. The molecule has 6 heteroatoms. The predicted molar refractivity (Wildman–Crippen MR) is 114 cm³/mol. The fourth-order valence-corrected chi connectivity index (χ4v) is 7.75. The molecule has 0 spiro atoms. The van der Waals surface area contributed by atoms with Crippen LogP contribution in [0, 0.1) is 17.8 Å². The number of thioether (sulfide) groups is 1. The van der Waals surface area contributed by atoms with Crippen LogP contribution < -0.4 is 0 Å². The lowest BCUT2D eigenvalue weighted by Gasteiger charge is -2.61. The number of nitrogens with zero attached hydrogens (tertiary/aromatic N) is 3. The summed E-state index contributed by atoms with van der Waals surface area (Å²) in [5.74, 6) is 3.56. The Morgan fingerprint density at radius 3 is 2.34 bits per heavy atom. The van der Waals surface area contributed by atoms with Crippen molar-refractivity contribution in [1.82, 2.24) is 14.8 Å². The molecule has 0 radical (unpaired) electrons. The van der Waals surface area contributed by atoms with E-state index < -0.39 is 0 Å². The molecule has 1 aromatic heterocycles. The second-order valence-corrected chi connectivity index (χ2v) is 10.7. The van der Waals surface area contributed by atoms with Gasteiger partial charge in [0.15, 0.2) is 5.58 Å². The minimum absolute atomic E-state index is 0.211. The van der Waals surface area contributed by atoms with Gasteiger partial charge in [0.05, 0.1) is 5.75 Å². The fourth-order valence-electron chi connectivity index (χ4n) is 7.01. The Hall–Kier alpha value is -1.53. The number of hydrogen-bond acceptors (Lipinski definition) is 5. The molecule has 2 heterocycles. The number of hydrogen-bond donors (Lipinski definition) is 0. The van der Waals surface area contributed by atoms with E-state index in [4.69, 9.17) is 4.42 Å². The molecule has 4 aliphatic carbocycles. The molecule has 154 valence electrons. The van der Waals surface area contributed by atoms with Crippen molar-refractivity contribution in [3.05, 3.63) is 24.3 Å². The zero-order chi connectivity index (χ0) is 19.4. The van der Waals surface area contributed by atoms with Crippen molar-refractivity contribution in [1.29, 1.82) is 0 Å². The average molecular weight is 412 g/mol. The van der Waals surface area contributed by atoms with E-state index in [1.165, 1.54) is 50.3 Å². The van der Waals surface area contributed by atoms with Crippen molar-refractivity contribution in [2.75, 3.05) is 31.9 Å². The minimum Gasteiger partial charge on any atom is -0.431 e. The number of carbonyl (C=O) groups excluding carboxylic acids is 1. The molecule has 29 heavy (non-hydrogen) atoms. The quantitative estimate of drug-likeness (QED) is 0.711. The van der Waals surface area contributed by atoms with Gasteiger partial charge in [0.25, 0.3) is 5.22 Å². The Kier molecular flexibility index (Phi) is 4.42. The summed E-state index contributed by atoms with van der Waals surface area (Å²) >= 11 is 1.41. The smallest absolute Gasteiger partial charge is 0.257 e. The van der Waals surface area contributed by atoms with Crippen LogP contribution >= 0.6 is 11.8 Å². The van der Waals surface area contributed by atoms with E-state index in [9.17, 15) is 4.79 Å². The van der Waals surface area contributed by atoms with Crippen LogP contribution in [-0.2, 0) is 4.79 Å². The summed E-state index contributed by atoms with van der Waals surface area (Å²) in [6.45, 7) is 3.83. The first-order valence-corrected chi connectivity index (χ1v) is 12.2. The molecule has 0 N–H and O–H groups in total. The molecule has 0 unspecified atom stereocenters. The maximum Gasteiger partial charge on any atom is 0.257 e. The topological polar surface area (TPSA) is 49.6 Å². The standard InChI is InChI=1S/C23H29N3O2S/c27-21(15-29-22-24-19-3-1-2-4-20(19)28-22)25-5-7-26(8-6-25)23-12-16-9-17(13-23)11-18(10-16)14-23/h1-4,16-18H,5-15H2. The molecule has 4 bridgehead atoms. The second-order valence-electron chi connectivity index (χ2n) is 9.75. The van der Waals surface area contributed by atoms with Gasteiger partial charge in [-0.1, -0.05) is 23.9 Å². The monoisotopic (exact) mass is 411 g/mol. The molecule has 0 atom stereocenters. The molecule has 5 fully saturated rings. The van der Waals surface area contributed by atoms with Crippen LogP contribution in [0.3, 0.4) is 0 Å². The van der Waals surface area contributed by atoms with Crippen molar-refractivity contribution in [3.8, 4) is 0 Å². The van der Waals surface area contributed by atoms with Crippen LogP contribution in [0.25, 0.3) is 11.1 Å². The maximum atomic E-state index is 12.8. The van der Waals surface area contributed by atoms with Gasteiger partial charge in [-0.2, -0.15) is 0 Å². The molecule has 2 aromatic rings. The average Bonchev–Trinajstić information content (AvgIpc) is 3.14. The number of benzene rings is 1. The van der Waals surface area contributed by atoms with E-state index in [1.807, 2.05) is 29.2 Å². The van der Waals surface area contributed by atoms with Gasteiger partial charge in [0, 0.05) is 31.7 Å². The number of amides is 1. The van der Waals surface area contributed by atoms with Crippen LogP contribution in [0.1, 0.15) is 38.5 Å². The second kappa shape index (κ2) is 7.02. The van der Waals surface area contributed by atoms with Gasteiger partial charge in [-0.25, -0.2) is 4.98 Å². The zero-order valence-electron chi connectivity index (χ0n) is 16.9. The Morgan fingerprint density at radius 1 is 1.03 bits per heavy atom. The third-order valence-electron chi connectivity index (χ3n) is 7.90. The van der Waals surface area contributed by atoms with Crippen LogP contribution in [-0.4, -0.2) is 58.2 Å². The Bertz CT molecular complexity index is 849. The third kappa shape index (κ3) is 3.28. The molecule has 1 aromatic carbocycles. The highest BCUT2D eigenvalue weighted by atomic mass is 32.2. The number of carbonyl (C=O) groups is 1. The van der Waals surface area contributed by atoms with Crippen molar-refractivity contribution in [2.24, 2.45) is 17.8 Å². The first kappa shape index (κ1) is 18.3. The van der Waals surface area contributed by atoms with Gasteiger partial charge >= 0.3 is 0 Å². The SMILES string of the molecule is O=C(CSc1nc2ccccc2o1)N1CCN(C23CC4CC(CC(C4)C2)C3)CC1. The van der Waals surface area contributed by atoms with E-state index in [0.717, 1.165) is 55.0 Å². The molecule has 5 aliphatic rings. The van der Waals surface area contributed by atoms with E-state index >= 15 is 0 Å². The van der Waals surface area contributed by atoms with E-state index in [2.05, 4.69) is 9.88 Å². The first-order valence-electron chi connectivity index (χ1n) is 11.2. The number of piperazine rings is 1. The van der Waals surface area contributed by atoms with Gasteiger partial charge in [-0.05, 0) is 68.4 Å². The molecule has 1 saturated heterocycles. The van der Waals surface area contributed by atoms with Crippen LogP contribution in [0.5, 0.6) is 0 Å². The van der Waals surface area contributed by atoms with Gasteiger partial charge in [0.1, 0.15) is 5.52 Å². The highest BCUT2D eigenvalue weighted by Crippen LogP contribution is 2.57. The molecule has 1 amide bonds. The van der Waals surface area contributed by atoms with E-state index in [-0.39, 0.29) is 5.91 Å². The Morgan fingerprint density at radius 2 is 1.69 bits per heavy atom. The van der Waals surface area contributed by atoms with Crippen molar-refractivity contribution in [2.45, 2.75) is 49.3 Å². The molecule has 1 aliphatic heterocycles. The largest absolute Gasteiger partial charge is 0.431 e. The van der Waals surface area contributed by atoms with Crippen LogP contribution in [0.15, 0.2) is 33.9 Å². The zero-order valence-corrected chi connectivity index (χ0v) is 17.7. The Balaban J connectivity index is 1.05. The first-order chi connectivity index (χ1) is 14.2. The Labute approximate surface area is 176 Å². The van der Waals surface area contributed by atoms with Crippen molar-refractivity contribution in [3.63, 3.8) is 0 Å². The van der Waals surface area contributed by atoms with Gasteiger partial charge in [0.2, 0.25) is 5.91 Å². The fraction of sp³-hybridized carbons (Fsp3) is 0.652. The lowest BCUT2D eigenvalue weighted by molar-refractivity contribution is -0.135. The summed E-state index contributed by atoms with van der Waals surface area (Å²) in [4.78, 5) is 22.0. The molecule has 4 saturated carbocycles. The summed E-state index contributed by atoms with van der Waals surface area (Å²) in [7, 11) is 0. The summed E-state index contributed by atoms with van der Waals surface area (Å²) < 4.78 is 5.73. The van der Waals surface area contributed by atoms with Crippen LogP contribution in [0.2, 0.25) is 0 Å². The molecular weight excluding hydrogens is 382 g/mol. The number of aromatic nitrogens is 1. The van der Waals surface area contributed by atoms with Gasteiger partial charge in [-0.3, -0.25) is 9.69 Å². The maximum absolute atomic E-state index is 12.8. The van der Waals surface area contributed by atoms with Crippen molar-refractivity contribution >= 4 is 28.8 Å². The molecule has 7 rings (SSSR count). The summed E-state index contributed by atoms with van der Waals surface area (Å²) in [5, 5.41) is 0.590. The summed E-state index contributed by atoms with van der Waals surface area (Å²) in [6.07, 6.45) is 8.72. The summed E-state index contributed by atoms with van der Waals surface area (Å²) in [6, 6.07) is 7.75. The van der Waals surface area contributed by atoms with Gasteiger partial charge in [-0.15, -0.1) is 0 Å². The third-order valence-corrected chi connectivity index (χ3v) is 8.72. The highest BCUT2D eigenvalue weighted by molar-refractivity contribution is 7.99. The number of rotatable bonds is 4. The lowest BCUT2D eigenvalue weighted by atomic mass is 9.52. The van der Waals surface area contributed by atoms with Crippen molar-refractivity contribution < 1.29 is 9.21 Å². The molecule has 5 nitrogen and oxygen atoms in total. The number of para-hydroxylation sites is 2. The van der Waals surface area contributed by atoms with Crippen LogP contribution in [0.4, 0.5) is 0 Å². The lowest BCUT2D eigenvalue weighted by Crippen LogP contribution is -2.64. The molecular formula is C23H29N3O2S. The van der Waals surface area contributed by atoms with Gasteiger partial charge < -0.3 is 9.32 Å². The van der Waals surface area contributed by atoms with E-state index in [1.54, 1.807) is 0 Å². The highest BCUT2D eigenvalue weighted by Gasteiger charge is 2.53. The van der Waals surface area contributed by atoms with E-state index in [0.29, 0.717) is 16.5 Å². The normalized spacial score (nSPS) is 34.2.